The topological polar surface area (TPSA) is 77.5 Å². The minimum atomic E-state index is -0.300. The molecule has 0 bridgehead atoms. The number of para-hydroxylation sites is 1. The van der Waals surface area contributed by atoms with Gasteiger partial charge in [-0.15, -0.1) is 12.4 Å². The average Bonchev–Trinajstić information content (AvgIpc) is 2.90. The summed E-state index contributed by atoms with van der Waals surface area (Å²) in [6.45, 7) is 3.61. The molecule has 0 fully saturated rings. The molecule has 5 nitrogen and oxygen atoms in total. The van der Waals surface area contributed by atoms with Crippen molar-refractivity contribution in [3.05, 3.63) is 36.4 Å². The van der Waals surface area contributed by atoms with Gasteiger partial charge in [-0.3, -0.25) is 4.79 Å². The summed E-state index contributed by atoms with van der Waals surface area (Å²) in [4.78, 5) is 12.3. The van der Waals surface area contributed by atoms with Crippen molar-refractivity contribution < 1.29 is 13.9 Å². The number of furan rings is 1. The number of anilines is 1. The van der Waals surface area contributed by atoms with Gasteiger partial charge < -0.3 is 20.2 Å². The minimum absolute atomic E-state index is 0. The summed E-state index contributed by atoms with van der Waals surface area (Å²) in [5, 5.41) is 4.85. The van der Waals surface area contributed by atoms with E-state index in [0.29, 0.717) is 17.0 Å². The van der Waals surface area contributed by atoms with Crippen molar-refractivity contribution in [3.63, 3.8) is 0 Å². The molecule has 0 aliphatic carbocycles. The monoisotopic (exact) mass is 348 g/mol. The second-order valence-corrected chi connectivity index (χ2v) is 5.78. The molecule has 0 aliphatic rings. The Morgan fingerprint density at radius 2 is 1.88 bits per heavy atom. The second kappa shape index (κ2) is 7.11. The number of hydrogen-bond acceptors (Lipinski definition) is 4. The van der Waals surface area contributed by atoms with Gasteiger partial charge in [0, 0.05) is 22.9 Å². The molecule has 2 unspecified atom stereocenters. The maximum Gasteiger partial charge on any atom is 0.228 e. The fourth-order valence-corrected chi connectivity index (χ4v) is 2.50. The zero-order valence-electron chi connectivity index (χ0n) is 13.8. The lowest BCUT2D eigenvalue weighted by atomic mass is 10.0. The molecule has 0 radical (unpaired) electrons. The molecule has 2 atom stereocenters. The molecular weight excluding hydrogens is 328 g/mol. The van der Waals surface area contributed by atoms with E-state index in [0.717, 1.165) is 16.4 Å². The average molecular weight is 349 g/mol. The first-order chi connectivity index (χ1) is 11.0. The second-order valence-electron chi connectivity index (χ2n) is 5.78. The quantitative estimate of drug-likeness (QED) is 0.748. The Bertz CT molecular complexity index is 873. The molecule has 0 spiro atoms. The van der Waals surface area contributed by atoms with E-state index in [4.69, 9.17) is 14.9 Å². The highest BCUT2D eigenvalue weighted by molar-refractivity contribution is 6.07. The normalized spacial score (nSPS) is 13.3. The van der Waals surface area contributed by atoms with Gasteiger partial charge in [0.15, 0.2) is 0 Å². The number of ether oxygens (including phenoxy) is 1. The predicted molar refractivity (Wildman–Crippen MR) is 99.0 cm³/mol. The van der Waals surface area contributed by atoms with Gasteiger partial charge in [-0.2, -0.15) is 0 Å². The van der Waals surface area contributed by atoms with E-state index < -0.39 is 0 Å². The number of amides is 1. The lowest BCUT2D eigenvalue weighted by Gasteiger charge is -2.16. The molecule has 128 valence electrons. The van der Waals surface area contributed by atoms with Gasteiger partial charge >= 0.3 is 0 Å². The summed E-state index contributed by atoms with van der Waals surface area (Å²) in [7, 11) is 1.58. The molecule has 0 saturated heterocycles. The fourth-order valence-electron chi connectivity index (χ4n) is 2.50. The van der Waals surface area contributed by atoms with Gasteiger partial charge in [0.25, 0.3) is 0 Å². The van der Waals surface area contributed by atoms with Crippen molar-refractivity contribution in [3.8, 4) is 5.75 Å². The number of benzene rings is 2. The molecule has 3 N–H and O–H groups in total. The van der Waals surface area contributed by atoms with Gasteiger partial charge in [0.1, 0.15) is 16.9 Å². The highest BCUT2D eigenvalue weighted by Gasteiger charge is 2.20. The number of rotatable bonds is 4. The number of carbonyl (C=O) groups excluding carboxylic acids is 1. The molecule has 3 aromatic rings. The molecule has 0 saturated carbocycles. The lowest BCUT2D eigenvalue weighted by molar-refractivity contribution is -0.119. The first-order valence-electron chi connectivity index (χ1n) is 7.57. The zero-order valence-corrected chi connectivity index (χ0v) is 14.6. The number of methoxy groups -OCH3 is 1. The van der Waals surface area contributed by atoms with Crippen molar-refractivity contribution in [2.75, 3.05) is 12.4 Å². The van der Waals surface area contributed by atoms with Crippen molar-refractivity contribution >= 4 is 45.9 Å². The summed E-state index contributed by atoms with van der Waals surface area (Å²) in [6.07, 6.45) is 0. The smallest absolute Gasteiger partial charge is 0.228 e. The van der Waals surface area contributed by atoms with Crippen LogP contribution in [0.4, 0.5) is 5.69 Å². The van der Waals surface area contributed by atoms with Crippen molar-refractivity contribution in [1.29, 1.82) is 0 Å². The third-order valence-electron chi connectivity index (χ3n) is 4.16. The van der Waals surface area contributed by atoms with Crippen LogP contribution in [0.5, 0.6) is 5.75 Å². The van der Waals surface area contributed by atoms with Crippen LogP contribution in [-0.4, -0.2) is 19.1 Å². The van der Waals surface area contributed by atoms with Crippen molar-refractivity contribution in [2.45, 2.75) is 19.9 Å². The van der Waals surface area contributed by atoms with Crippen LogP contribution in [0.2, 0.25) is 0 Å². The maximum atomic E-state index is 12.3. The van der Waals surface area contributed by atoms with Gasteiger partial charge in [0.05, 0.1) is 18.7 Å². The van der Waals surface area contributed by atoms with Gasteiger partial charge in [0.2, 0.25) is 5.91 Å². The SMILES string of the molecule is COc1cc2c(cc1NC(=O)C(C)C(C)N)oc1ccccc12.Cl. The standard InChI is InChI=1S/C18H20N2O3.ClH/c1-10(11(2)19)18(21)20-14-9-16-13(8-17(14)22-3)12-6-4-5-7-15(12)23-16;/h4-11H,19H2,1-3H3,(H,20,21);1H. The number of nitrogens with two attached hydrogens (primary N) is 1. The van der Waals surface area contributed by atoms with E-state index in [1.54, 1.807) is 20.1 Å². The van der Waals surface area contributed by atoms with Crippen molar-refractivity contribution in [2.24, 2.45) is 11.7 Å². The van der Waals surface area contributed by atoms with E-state index in [1.165, 1.54) is 0 Å². The van der Waals surface area contributed by atoms with E-state index in [9.17, 15) is 4.79 Å². The van der Waals surface area contributed by atoms with E-state index in [2.05, 4.69) is 5.32 Å². The van der Waals surface area contributed by atoms with Gasteiger partial charge in [-0.1, -0.05) is 25.1 Å². The van der Waals surface area contributed by atoms with Crippen LogP contribution in [0.25, 0.3) is 21.9 Å². The number of nitrogens with one attached hydrogen (secondary N) is 1. The first-order valence-corrected chi connectivity index (χ1v) is 7.57. The Hall–Kier alpha value is -2.24. The Kier molecular flexibility index (Phi) is 5.36. The molecule has 1 amide bonds. The minimum Gasteiger partial charge on any atom is -0.495 e. The molecule has 1 heterocycles. The first kappa shape index (κ1) is 18.1. The number of carbonyl (C=O) groups is 1. The Balaban J connectivity index is 0.00000208. The maximum absolute atomic E-state index is 12.3. The summed E-state index contributed by atoms with van der Waals surface area (Å²) >= 11 is 0. The highest BCUT2D eigenvalue weighted by atomic mass is 35.5. The number of hydrogen-bond donors (Lipinski definition) is 2. The summed E-state index contributed by atoms with van der Waals surface area (Å²) in [6, 6.07) is 11.2. The summed E-state index contributed by atoms with van der Waals surface area (Å²) in [5.41, 5.74) is 7.88. The summed E-state index contributed by atoms with van der Waals surface area (Å²) in [5.74, 6) is 0.147. The van der Waals surface area contributed by atoms with Crippen LogP contribution in [0.1, 0.15) is 13.8 Å². The molecule has 1 aromatic heterocycles. The molecular formula is C18H21ClN2O3. The van der Waals surface area contributed by atoms with Crippen LogP contribution in [0.15, 0.2) is 40.8 Å². The zero-order chi connectivity index (χ0) is 16.6. The fraction of sp³-hybridized carbons (Fsp3) is 0.278. The van der Waals surface area contributed by atoms with Gasteiger partial charge in [-0.05, 0) is 19.1 Å². The van der Waals surface area contributed by atoms with Crippen LogP contribution in [0.3, 0.4) is 0 Å². The van der Waals surface area contributed by atoms with Gasteiger partial charge in [-0.25, -0.2) is 0 Å². The Labute approximate surface area is 146 Å². The highest BCUT2D eigenvalue weighted by Crippen LogP contribution is 2.36. The Morgan fingerprint density at radius 3 is 2.54 bits per heavy atom. The summed E-state index contributed by atoms with van der Waals surface area (Å²) < 4.78 is 11.3. The van der Waals surface area contributed by atoms with E-state index in [1.807, 2.05) is 37.3 Å². The lowest BCUT2D eigenvalue weighted by Crippen LogP contribution is -2.34. The Morgan fingerprint density at radius 1 is 1.17 bits per heavy atom. The largest absolute Gasteiger partial charge is 0.495 e. The number of fused-ring (bicyclic) bond motifs is 3. The molecule has 3 rings (SSSR count). The number of halogens is 1. The third kappa shape index (κ3) is 3.18. The third-order valence-corrected chi connectivity index (χ3v) is 4.16. The van der Waals surface area contributed by atoms with E-state index in [-0.39, 0.29) is 30.3 Å². The van der Waals surface area contributed by atoms with Crippen LogP contribution in [-0.2, 0) is 4.79 Å². The molecule has 2 aromatic carbocycles. The molecule has 6 heteroatoms. The predicted octanol–water partition coefficient (Wildman–Crippen LogP) is 3.94. The molecule has 0 aliphatic heterocycles. The molecule has 24 heavy (non-hydrogen) atoms. The van der Waals surface area contributed by atoms with Crippen LogP contribution in [0, 0.1) is 5.92 Å². The van der Waals surface area contributed by atoms with Crippen molar-refractivity contribution in [1.82, 2.24) is 0 Å². The van der Waals surface area contributed by atoms with E-state index >= 15 is 0 Å². The van der Waals surface area contributed by atoms with Crippen LogP contribution < -0.4 is 15.8 Å². The van der Waals surface area contributed by atoms with Crippen LogP contribution >= 0.6 is 12.4 Å².